The summed E-state index contributed by atoms with van der Waals surface area (Å²) in [6, 6.07) is 3.69. The number of aliphatic hydroxyl groups is 1. The molecule has 0 aliphatic rings. The van der Waals surface area contributed by atoms with Crippen molar-refractivity contribution in [3.8, 4) is 6.07 Å². The van der Waals surface area contributed by atoms with Gasteiger partial charge in [0, 0.05) is 24.7 Å². The molecular weight excluding hydrogens is 293 g/mol. The molecule has 126 valence electrons. The molecule has 0 aliphatic carbocycles. The predicted octanol–water partition coefficient (Wildman–Crippen LogP) is 1.05. The van der Waals surface area contributed by atoms with Gasteiger partial charge in [-0.05, 0) is 47.6 Å². The van der Waals surface area contributed by atoms with E-state index >= 15 is 0 Å². The smallest absolute Gasteiger partial charge is 0.423 e. The van der Waals surface area contributed by atoms with Gasteiger partial charge >= 0.3 is 7.12 Å². The number of hydrogen-bond acceptors (Lipinski definition) is 6. The number of aromatic nitrogens is 1. The summed E-state index contributed by atoms with van der Waals surface area (Å²) in [4.78, 5) is 6.27. The molecule has 1 heterocycles. The molecule has 1 aromatic heterocycles. The van der Waals surface area contributed by atoms with Crippen LogP contribution in [0.4, 0.5) is 5.82 Å². The van der Waals surface area contributed by atoms with E-state index in [0.29, 0.717) is 16.8 Å². The Morgan fingerprint density at radius 1 is 1.30 bits per heavy atom. The Labute approximate surface area is 138 Å². The van der Waals surface area contributed by atoms with Crippen LogP contribution in [0.1, 0.15) is 47.1 Å². The van der Waals surface area contributed by atoms with Crippen LogP contribution in [0.25, 0.3) is 0 Å². The maximum absolute atomic E-state index is 10.3. The zero-order valence-electron chi connectivity index (χ0n) is 14.8. The minimum absolute atomic E-state index is 0.384. The van der Waals surface area contributed by atoms with Crippen LogP contribution in [-0.4, -0.2) is 46.5 Å². The molecule has 0 radical (unpaired) electrons. The van der Waals surface area contributed by atoms with E-state index in [-0.39, 0.29) is 0 Å². The lowest BCUT2D eigenvalue weighted by atomic mass is 9.77. The summed E-state index contributed by atoms with van der Waals surface area (Å²) in [5.41, 5.74) is -1.35. The van der Waals surface area contributed by atoms with E-state index in [1.807, 2.05) is 18.7 Å². The largest absolute Gasteiger partial charge is 0.493 e. The molecule has 0 unspecified atom stereocenters. The lowest BCUT2D eigenvalue weighted by molar-refractivity contribution is -0.0982. The topological polar surface area (TPSA) is 89.6 Å². The Bertz CT molecular complexity index is 575. The standard InChI is InChI=1S/C16H26BN3O3/c1-7-20(8-2)14-12(10-18)9-13(11-19-14)17(22)23-16(5,6)15(3,4)21/h9,11,21-22H,7-8H2,1-6H3. The quantitative estimate of drug-likeness (QED) is 0.730. The third-order valence-electron chi connectivity index (χ3n) is 4.24. The highest BCUT2D eigenvalue weighted by molar-refractivity contribution is 6.60. The molecule has 1 aromatic rings. The maximum Gasteiger partial charge on any atom is 0.493 e. The van der Waals surface area contributed by atoms with E-state index in [4.69, 9.17) is 4.65 Å². The van der Waals surface area contributed by atoms with Crippen LogP contribution < -0.4 is 10.4 Å². The molecule has 2 N–H and O–H groups in total. The van der Waals surface area contributed by atoms with Crippen LogP contribution in [0.15, 0.2) is 12.3 Å². The summed E-state index contributed by atoms with van der Waals surface area (Å²) in [5.74, 6) is 0.593. The van der Waals surface area contributed by atoms with Crippen molar-refractivity contribution in [1.82, 2.24) is 4.98 Å². The normalized spacial score (nSPS) is 12.0. The second-order valence-electron chi connectivity index (χ2n) is 6.46. The molecule has 0 fully saturated rings. The molecule has 7 heteroatoms. The van der Waals surface area contributed by atoms with Gasteiger partial charge in [-0.2, -0.15) is 5.26 Å². The highest BCUT2D eigenvalue weighted by Crippen LogP contribution is 2.25. The first-order valence-electron chi connectivity index (χ1n) is 7.80. The number of hydrogen-bond donors (Lipinski definition) is 2. The van der Waals surface area contributed by atoms with E-state index in [1.165, 1.54) is 6.20 Å². The van der Waals surface area contributed by atoms with Crippen molar-refractivity contribution in [2.24, 2.45) is 0 Å². The summed E-state index contributed by atoms with van der Waals surface area (Å²) < 4.78 is 5.58. The molecule has 0 aromatic carbocycles. The minimum Gasteiger partial charge on any atom is -0.423 e. The second-order valence-corrected chi connectivity index (χ2v) is 6.46. The monoisotopic (exact) mass is 319 g/mol. The van der Waals surface area contributed by atoms with Crippen molar-refractivity contribution in [1.29, 1.82) is 5.26 Å². The average molecular weight is 319 g/mol. The van der Waals surface area contributed by atoms with Crippen molar-refractivity contribution < 1.29 is 14.8 Å². The lowest BCUT2D eigenvalue weighted by Crippen LogP contribution is -2.53. The third-order valence-corrected chi connectivity index (χ3v) is 4.24. The first-order chi connectivity index (χ1) is 10.6. The predicted molar refractivity (Wildman–Crippen MR) is 91.6 cm³/mol. The number of nitrogens with zero attached hydrogens (tertiary/aromatic N) is 3. The van der Waals surface area contributed by atoms with Crippen LogP contribution in [0.5, 0.6) is 0 Å². The van der Waals surface area contributed by atoms with Crippen LogP contribution in [0.3, 0.4) is 0 Å². The molecule has 23 heavy (non-hydrogen) atoms. The van der Waals surface area contributed by atoms with Crippen LogP contribution in [-0.2, 0) is 4.65 Å². The van der Waals surface area contributed by atoms with Gasteiger partial charge in [0.05, 0.1) is 16.8 Å². The highest BCUT2D eigenvalue weighted by Gasteiger charge is 2.39. The van der Waals surface area contributed by atoms with E-state index in [1.54, 1.807) is 33.8 Å². The number of nitriles is 1. The average Bonchev–Trinajstić information content (AvgIpc) is 2.47. The van der Waals surface area contributed by atoms with Crippen LogP contribution >= 0.6 is 0 Å². The van der Waals surface area contributed by atoms with Gasteiger partial charge in [0.2, 0.25) is 0 Å². The fourth-order valence-corrected chi connectivity index (χ4v) is 1.96. The van der Waals surface area contributed by atoms with Crippen LogP contribution in [0, 0.1) is 11.3 Å². The summed E-state index contributed by atoms with van der Waals surface area (Å²) in [7, 11) is -1.28. The lowest BCUT2D eigenvalue weighted by Gasteiger charge is -2.38. The van der Waals surface area contributed by atoms with Crippen molar-refractivity contribution >= 4 is 18.4 Å². The number of pyridine rings is 1. The van der Waals surface area contributed by atoms with Crippen molar-refractivity contribution in [2.45, 2.75) is 52.7 Å². The van der Waals surface area contributed by atoms with Gasteiger partial charge in [-0.15, -0.1) is 0 Å². The van der Waals surface area contributed by atoms with E-state index in [9.17, 15) is 15.4 Å². The molecule has 0 aliphatic heterocycles. The summed E-state index contributed by atoms with van der Waals surface area (Å²) >= 11 is 0. The fourth-order valence-electron chi connectivity index (χ4n) is 1.96. The fraction of sp³-hybridized carbons (Fsp3) is 0.625. The molecule has 0 saturated carbocycles. The molecule has 1 rings (SSSR count). The molecule has 0 amide bonds. The van der Waals surface area contributed by atoms with Crippen LogP contribution in [0.2, 0.25) is 0 Å². The number of anilines is 1. The Balaban J connectivity index is 3.09. The first kappa shape index (κ1) is 19.4. The summed E-state index contributed by atoms with van der Waals surface area (Å²) in [6.45, 7) is 12.1. The number of rotatable bonds is 7. The molecule has 0 bridgehead atoms. The Hall–Kier alpha value is -1.62. The van der Waals surface area contributed by atoms with Crippen molar-refractivity contribution in [2.75, 3.05) is 18.0 Å². The van der Waals surface area contributed by atoms with Gasteiger partial charge in [-0.25, -0.2) is 4.98 Å². The van der Waals surface area contributed by atoms with Gasteiger partial charge in [0.1, 0.15) is 11.9 Å². The SMILES string of the molecule is CCN(CC)c1ncc(B(O)OC(C)(C)C(C)(C)O)cc1C#N. The summed E-state index contributed by atoms with van der Waals surface area (Å²) in [6.07, 6.45) is 1.50. The van der Waals surface area contributed by atoms with Gasteiger partial charge in [-0.1, -0.05) is 0 Å². The molecule has 0 spiro atoms. The Morgan fingerprint density at radius 3 is 2.30 bits per heavy atom. The van der Waals surface area contributed by atoms with Crippen molar-refractivity contribution in [3.05, 3.63) is 17.8 Å². The minimum atomic E-state index is -1.28. The van der Waals surface area contributed by atoms with E-state index in [2.05, 4.69) is 11.1 Å². The van der Waals surface area contributed by atoms with E-state index < -0.39 is 18.3 Å². The zero-order valence-corrected chi connectivity index (χ0v) is 14.8. The molecule has 0 saturated heterocycles. The van der Waals surface area contributed by atoms with E-state index in [0.717, 1.165) is 13.1 Å². The first-order valence-corrected chi connectivity index (χ1v) is 7.80. The van der Waals surface area contributed by atoms with Gasteiger partial charge in [-0.3, -0.25) is 0 Å². The van der Waals surface area contributed by atoms with Crippen molar-refractivity contribution in [3.63, 3.8) is 0 Å². The van der Waals surface area contributed by atoms with Gasteiger partial charge in [0.15, 0.2) is 0 Å². The summed E-state index contributed by atoms with van der Waals surface area (Å²) in [5, 5.41) is 29.7. The Kier molecular flexibility index (Phi) is 6.17. The second kappa shape index (κ2) is 7.30. The third kappa shape index (κ3) is 4.44. The zero-order chi connectivity index (χ0) is 17.8. The maximum atomic E-state index is 10.3. The molecular formula is C16H26BN3O3. The molecule has 6 nitrogen and oxygen atoms in total. The van der Waals surface area contributed by atoms with Gasteiger partial charge in [0.25, 0.3) is 0 Å². The van der Waals surface area contributed by atoms with Gasteiger partial charge < -0.3 is 19.7 Å². The highest BCUT2D eigenvalue weighted by atomic mass is 16.5. The molecule has 0 atom stereocenters. The Morgan fingerprint density at radius 2 is 1.87 bits per heavy atom.